The molecule has 0 atom stereocenters. The van der Waals surface area contributed by atoms with Gasteiger partial charge in [-0.15, -0.1) is 0 Å². The molecular weight excluding hydrogens is 398 g/mol. The quantitative estimate of drug-likeness (QED) is 0.533. The minimum absolute atomic E-state index is 0.0528. The summed E-state index contributed by atoms with van der Waals surface area (Å²) in [6, 6.07) is 19.1. The van der Waals surface area contributed by atoms with E-state index >= 15 is 0 Å². The third kappa shape index (κ3) is 3.60. The fraction of sp³-hybridized carbons (Fsp3) is 0. The highest BCUT2D eigenvalue weighted by Gasteiger charge is 2.19. The van der Waals surface area contributed by atoms with Gasteiger partial charge in [-0.2, -0.15) is 0 Å². The fourth-order valence-corrected chi connectivity index (χ4v) is 2.92. The highest BCUT2D eigenvalue weighted by Crippen LogP contribution is 2.33. The summed E-state index contributed by atoms with van der Waals surface area (Å²) in [5, 5.41) is 21.9. The second-order valence-electron chi connectivity index (χ2n) is 5.52. The molecule has 130 valence electrons. The van der Waals surface area contributed by atoms with Gasteiger partial charge in [0.25, 0.3) is 0 Å². The van der Waals surface area contributed by atoms with Gasteiger partial charge in [-0.3, -0.25) is 0 Å². The summed E-state index contributed by atoms with van der Waals surface area (Å²) in [5.74, 6) is -2.39. The van der Waals surface area contributed by atoms with Crippen LogP contribution in [0.25, 0.3) is 11.1 Å². The molecule has 0 spiro atoms. The van der Waals surface area contributed by atoms with Crippen LogP contribution in [0.3, 0.4) is 0 Å². The van der Waals surface area contributed by atoms with E-state index in [1.54, 1.807) is 12.1 Å². The van der Waals surface area contributed by atoms with Crippen LogP contribution in [0.5, 0.6) is 0 Å². The molecule has 3 aromatic carbocycles. The molecular formula is C20H14BrNO4. The molecule has 3 rings (SSSR count). The Balaban J connectivity index is 2.12. The van der Waals surface area contributed by atoms with Gasteiger partial charge in [0.2, 0.25) is 0 Å². The van der Waals surface area contributed by atoms with Crippen LogP contribution in [0.4, 0.5) is 11.4 Å². The number of carboxylic acid groups (broad SMARTS) is 2. The van der Waals surface area contributed by atoms with Crippen molar-refractivity contribution in [3.05, 3.63) is 82.3 Å². The van der Waals surface area contributed by atoms with Gasteiger partial charge in [0, 0.05) is 15.7 Å². The summed E-state index contributed by atoms with van der Waals surface area (Å²) in [6.45, 7) is 0. The summed E-state index contributed by atoms with van der Waals surface area (Å²) in [5.41, 5.74) is 2.21. The zero-order chi connectivity index (χ0) is 18.7. The Morgan fingerprint density at radius 1 is 0.769 bits per heavy atom. The lowest BCUT2D eigenvalue weighted by Crippen LogP contribution is -2.09. The monoisotopic (exact) mass is 411 g/mol. The van der Waals surface area contributed by atoms with Gasteiger partial charge in [0.15, 0.2) is 0 Å². The summed E-state index contributed by atoms with van der Waals surface area (Å²) in [6.07, 6.45) is 0. The van der Waals surface area contributed by atoms with Gasteiger partial charge in [0.05, 0.1) is 16.8 Å². The van der Waals surface area contributed by atoms with Crippen LogP contribution in [0.2, 0.25) is 0 Å². The van der Waals surface area contributed by atoms with E-state index < -0.39 is 11.9 Å². The Bertz CT molecular complexity index is 951. The highest BCUT2D eigenvalue weighted by atomic mass is 79.9. The van der Waals surface area contributed by atoms with Crippen LogP contribution in [-0.2, 0) is 0 Å². The minimum Gasteiger partial charge on any atom is -0.478 e. The second-order valence-corrected chi connectivity index (χ2v) is 6.43. The molecule has 5 nitrogen and oxygen atoms in total. The second kappa shape index (κ2) is 7.41. The number of halogens is 1. The van der Waals surface area contributed by atoms with Crippen molar-refractivity contribution in [3.8, 4) is 11.1 Å². The molecule has 3 N–H and O–H groups in total. The van der Waals surface area contributed by atoms with Crippen LogP contribution >= 0.6 is 15.9 Å². The molecule has 0 aromatic heterocycles. The van der Waals surface area contributed by atoms with E-state index in [0.29, 0.717) is 5.69 Å². The first-order valence-corrected chi connectivity index (χ1v) is 8.48. The predicted molar refractivity (Wildman–Crippen MR) is 103 cm³/mol. The number of rotatable bonds is 5. The van der Waals surface area contributed by atoms with E-state index in [0.717, 1.165) is 15.6 Å². The van der Waals surface area contributed by atoms with E-state index in [4.69, 9.17) is 0 Å². The number of carbonyl (C=O) groups is 2. The molecule has 6 heteroatoms. The lowest BCUT2D eigenvalue weighted by Gasteiger charge is -2.16. The molecule has 3 aromatic rings. The number of anilines is 2. The van der Waals surface area contributed by atoms with Crippen molar-refractivity contribution in [3.63, 3.8) is 0 Å². The number of hydrogen-bond donors (Lipinski definition) is 3. The number of carboxylic acids is 2. The van der Waals surface area contributed by atoms with Crippen LogP contribution in [0.15, 0.2) is 71.2 Å². The first-order chi connectivity index (χ1) is 12.5. The van der Waals surface area contributed by atoms with Gasteiger partial charge < -0.3 is 15.5 Å². The van der Waals surface area contributed by atoms with Crippen molar-refractivity contribution in [1.82, 2.24) is 0 Å². The minimum atomic E-state index is -1.20. The Kier molecular flexibility index (Phi) is 5.04. The van der Waals surface area contributed by atoms with Gasteiger partial charge in [0.1, 0.15) is 0 Å². The average Bonchev–Trinajstić information content (AvgIpc) is 2.63. The number of nitrogens with one attached hydrogen (secondary N) is 1. The summed E-state index contributed by atoms with van der Waals surface area (Å²) in [7, 11) is 0. The van der Waals surface area contributed by atoms with Gasteiger partial charge >= 0.3 is 11.9 Å². The first-order valence-electron chi connectivity index (χ1n) is 7.69. The van der Waals surface area contributed by atoms with Crippen molar-refractivity contribution >= 4 is 39.2 Å². The maximum atomic E-state index is 11.5. The number of hydrogen-bond acceptors (Lipinski definition) is 3. The summed E-state index contributed by atoms with van der Waals surface area (Å²) < 4.78 is 0.941. The molecule has 0 aliphatic rings. The van der Waals surface area contributed by atoms with Crippen LogP contribution < -0.4 is 5.32 Å². The molecule has 0 saturated carbocycles. The third-order valence-electron chi connectivity index (χ3n) is 3.87. The summed E-state index contributed by atoms with van der Waals surface area (Å²) in [4.78, 5) is 23.1. The normalized spacial score (nSPS) is 10.3. The predicted octanol–water partition coefficient (Wildman–Crippen LogP) is 5.26. The van der Waals surface area contributed by atoms with Crippen molar-refractivity contribution in [1.29, 1.82) is 0 Å². The molecule has 0 radical (unpaired) electrons. The zero-order valence-corrected chi connectivity index (χ0v) is 15.0. The number of aromatic carboxylic acids is 2. The Morgan fingerprint density at radius 3 is 1.92 bits per heavy atom. The number of para-hydroxylation sites is 2. The molecule has 0 amide bonds. The molecule has 26 heavy (non-hydrogen) atoms. The van der Waals surface area contributed by atoms with Gasteiger partial charge in [-0.05, 0) is 35.9 Å². The summed E-state index contributed by atoms with van der Waals surface area (Å²) >= 11 is 3.40. The lowest BCUT2D eigenvalue weighted by atomic mass is 10.0. The van der Waals surface area contributed by atoms with Crippen molar-refractivity contribution < 1.29 is 19.8 Å². The van der Waals surface area contributed by atoms with Gasteiger partial charge in [-0.1, -0.05) is 52.3 Å². The molecule has 0 unspecified atom stereocenters. The van der Waals surface area contributed by atoms with Crippen LogP contribution in [0, 0.1) is 0 Å². The standard InChI is InChI=1S/C20H14BrNO4/c21-13-10-8-12(9-11-13)14-4-1-2-7-17(14)22-18-15(19(23)24)5-3-6-16(18)20(25)26/h1-11,22H,(H,23,24)(H,25,26). The van der Waals surface area contributed by atoms with Crippen molar-refractivity contribution in [2.24, 2.45) is 0 Å². The maximum Gasteiger partial charge on any atom is 0.337 e. The molecule has 0 saturated heterocycles. The van der Waals surface area contributed by atoms with Crippen LogP contribution in [-0.4, -0.2) is 22.2 Å². The first kappa shape index (κ1) is 17.7. The van der Waals surface area contributed by atoms with Crippen LogP contribution in [0.1, 0.15) is 20.7 Å². The number of benzene rings is 3. The smallest absolute Gasteiger partial charge is 0.337 e. The molecule has 0 aliphatic heterocycles. The third-order valence-corrected chi connectivity index (χ3v) is 4.40. The molecule has 0 fully saturated rings. The van der Waals surface area contributed by atoms with Crippen molar-refractivity contribution in [2.45, 2.75) is 0 Å². The zero-order valence-electron chi connectivity index (χ0n) is 13.4. The molecule has 0 heterocycles. The largest absolute Gasteiger partial charge is 0.478 e. The van der Waals surface area contributed by atoms with E-state index in [1.807, 2.05) is 36.4 Å². The Labute approximate surface area is 158 Å². The van der Waals surface area contributed by atoms with E-state index in [2.05, 4.69) is 21.2 Å². The van der Waals surface area contributed by atoms with E-state index in [-0.39, 0.29) is 16.8 Å². The topological polar surface area (TPSA) is 86.6 Å². The van der Waals surface area contributed by atoms with E-state index in [9.17, 15) is 19.8 Å². The lowest BCUT2D eigenvalue weighted by molar-refractivity contribution is 0.0696. The van der Waals surface area contributed by atoms with Gasteiger partial charge in [-0.25, -0.2) is 9.59 Å². The Hall–Kier alpha value is -3.12. The Morgan fingerprint density at radius 2 is 1.35 bits per heavy atom. The fourth-order valence-electron chi connectivity index (χ4n) is 2.65. The SMILES string of the molecule is O=C(O)c1cccc(C(=O)O)c1Nc1ccccc1-c1ccc(Br)cc1. The average molecular weight is 412 g/mol. The molecule has 0 aliphatic carbocycles. The van der Waals surface area contributed by atoms with E-state index in [1.165, 1.54) is 18.2 Å². The van der Waals surface area contributed by atoms with Crippen molar-refractivity contribution in [2.75, 3.05) is 5.32 Å². The maximum absolute atomic E-state index is 11.5. The molecule has 0 bridgehead atoms. The highest BCUT2D eigenvalue weighted by molar-refractivity contribution is 9.10.